The Morgan fingerprint density at radius 2 is 1.55 bits per heavy atom. The smallest absolute Gasteiger partial charge is 0.130 e. The van der Waals surface area contributed by atoms with Crippen LogP contribution in [0.15, 0.2) is 42.5 Å². The van der Waals surface area contributed by atoms with Crippen molar-refractivity contribution in [1.29, 1.82) is 0 Å². The maximum absolute atomic E-state index is 15.8. The molecule has 0 saturated carbocycles. The van der Waals surface area contributed by atoms with Gasteiger partial charge in [-0.1, -0.05) is 71.6 Å². The van der Waals surface area contributed by atoms with Crippen LogP contribution in [0.3, 0.4) is 0 Å². The summed E-state index contributed by atoms with van der Waals surface area (Å²) in [5, 5.41) is 1.19. The lowest BCUT2D eigenvalue weighted by Crippen LogP contribution is -2.48. The van der Waals surface area contributed by atoms with Crippen LogP contribution in [-0.2, 0) is 25.4 Å². The van der Waals surface area contributed by atoms with Crippen LogP contribution < -0.4 is 4.74 Å². The van der Waals surface area contributed by atoms with Crippen LogP contribution in [0.1, 0.15) is 108 Å². The Balaban J connectivity index is 1.71. The zero-order chi connectivity index (χ0) is 31.1. The van der Waals surface area contributed by atoms with Gasteiger partial charge in [-0.2, -0.15) is 0 Å². The first kappa shape index (κ1) is 34.8. The highest BCUT2D eigenvalue weighted by molar-refractivity contribution is 7.19. The average Bonchev–Trinajstić information content (AvgIpc) is 3.44. The van der Waals surface area contributed by atoms with Gasteiger partial charge in [0, 0.05) is 53.9 Å². The van der Waals surface area contributed by atoms with Gasteiger partial charge in [0.25, 0.3) is 0 Å². The molecule has 0 bridgehead atoms. The maximum atomic E-state index is 15.8. The fourth-order valence-electron chi connectivity index (χ4n) is 5.59. The molecule has 5 nitrogen and oxygen atoms in total. The van der Waals surface area contributed by atoms with Crippen LogP contribution in [0.25, 0.3) is 10.1 Å². The fourth-order valence-corrected chi connectivity index (χ4v) is 6.68. The maximum Gasteiger partial charge on any atom is 0.130 e. The van der Waals surface area contributed by atoms with E-state index < -0.39 is 6.10 Å². The number of thiophene rings is 1. The van der Waals surface area contributed by atoms with Crippen molar-refractivity contribution in [3.63, 3.8) is 0 Å². The quantitative estimate of drug-likeness (QED) is 0.117. The number of unbranched alkanes of at least 4 members (excludes halogenated alkanes) is 4. The molecule has 1 fully saturated rings. The van der Waals surface area contributed by atoms with Gasteiger partial charge in [-0.3, -0.25) is 0 Å². The van der Waals surface area contributed by atoms with E-state index >= 15 is 4.39 Å². The highest BCUT2D eigenvalue weighted by atomic mass is 32.1. The molecule has 2 aromatic carbocycles. The summed E-state index contributed by atoms with van der Waals surface area (Å²) >= 11 is 1.71. The summed E-state index contributed by atoms with van der Waals surface area (Å²) in [6.07, 6.45) is 8.12. The summed E-state index contributed by atoms with van der Waals surface area (Å²) in [7, 11) is 0. The van der Waals surface area contributed by atoms with Crippen molar-refractivity contribution >= 4 is 21.4 Å². The molecule has 0 radical (unpaired) electrons. The lowest BCUT2D eigenvalue weighted by molar-refractivity contribution is -0.213. The normalized spacial score (nSPS) is 20.4. The van der Waals surface area contributed by atoms with Crippen LogP contribution in [0.5, 0.6) is 5.75 Å². The first-order valence-corrected chi connectivity index (χ1v) is 17.8. The Morgan fingerprint density at radius 1 is 0.841 bits per heavy atom. The molecule has 0 spiro atoms. The topological polar surface area (TPSA) is 46.2 Å². The predicted molar refractivity (Wildman–Crippen MR) is 179 cm³/mol. The Hall–Kier alpha value is -2.03. The van der Waals surface area contributed by atoms with Crippen molar-refractivity contribution in [2.45, 2.75) is 116 Å². The van der Waals surface area contributed by atoms with E-state index in [-0.39, 0.29) is 24.1 Å². The number of benzene rings is 2. The van der Waals surface area contributed by atoms with E-state index in [9.17, 15) is 0 Å². The van der Waals surface area contributed by atoms with Crippen molar-refractivity contribution in [1.82, 2.24) is 0 Å². The molecular formula is C37H53FO5S. The second kappa shape index (κ2) is 18.8. The molecule has 4 atom stereocenters. The predicted octanol–water partition coefficient (Wildman–Crippen LogP) is 9.83. The highest BCUT2D eigenvalue weighted by Crippen LogP contribution is 2.41. The van der Waals surface area contributed by atoms with E-state index in [1.807, 2.05) is 18.2 Å². The highest BCUT2D eigenvalue weighted by Gasteiger charge is 2.42. The summed E-state index contributed by atoms with van der Waals surface area (Å²) in [6.45, 7) is 11.6. The first-order valence-electron chi connectivity index (χ1n) is 17.0. The molecular weight excluding hydrogens is 575 g/mol. The number of hydrogen-bond acceptors (Lipinski definition) is 6. The molecule has 7 heteroatoms. The molecule has 2 heterocycles. The molecule has 1 aromatic heterocycles. The third kappa shape index (κ3) is 9.98. The molecule has 1 aliphatic heterocycles. The largest absolute Gasteiger partial charge is 0.493 e. The SMILES string of the molecule is CCCCOC[C@@H]1C[C@H](OCCCC)[C@@H](OCCCC)[C@H](c2cc(Cc3cc4ccccc4s3)c(F)cc2OCCCC)O1. The molecule has 0 N–H and O–H groups in total. The van der Waals surface area contributed by atoms with E-state index in [0.717, 1.165) is 61.8 Å². The first-order chi connectivity index (χ1) is 21.6. The second-order valence-corrected chi connectivity index (χ2v) is 13.1. The molecule has 1 saturated heterocycles. The average molecular weight is 629 g/mol. The van der Waals surface area contributed by atoms with Gasteiger partial charge < -0.3 is 23.7 Å². The minimum atomic E-state index is -0.467. The molecule has 3 aromatic rings. The van der Waals surface area contributed by atoms with Gasteiger partial charge in [0.2, 0.25) is 0 Å². The van der Waals surface area contributed by atoms with Gasteiger partial charge in [-0.05, 0) is 54.8 Å². The van der Waals surface area contributed by atoms with E-state index in [4.69, 9.17) is 23.7 Å². The number of ether oxygens (including phenoxy) is 5. The molecule has 44 heavy (non-hydrogen) atoms. The minimum absolute atomic E-state index is 0.156. The summed E-state index contributed by atoms with van der Waals surface area (Å²) in [5.41, 5.74) is 1.47. The number of halogens is 1. The van der Waals surface area contributed by atoms with Crippen LogP contribution in [0.2, 0.25) is 0 Å². The lowest BCUT2D eigenvalue weighted by Gasteiger charge is -2.42. The molecule has 1 aliphatic rings. The van der Waals surface area contributed by atoms with Crippen molar-refractivity contribution in [2.24, 2.45) is 0 Å². The van der Waals surface area contributed by atoms with Crippen molar-refractivity contribution in [3.05, 3.63) is 64.3 Å². The van der Waals surface area contributed by atoms with E-state index in [0.29, 0.717) is 57.2 Å². The summed E-state index contributed by atoms with van der Waals surface area (Å²) in [6, 6.07) is 14.0. The van der Waals surface area contributed by atoms with Crippen LogP contribution in [0.4, 0.5) is 4.39 Å². The zero-order valence-corrected chi connectivity index (χ0v) is 28.1. The Bertz CT molecular complexity index is 1210. The second-order valence-electron chi connectivity index (χ2n) is 11.9. The summed E-state index contributed by atoms with van der Waals surface area (Å²) < 4.78 is 49.3. The zero-order valence-electron chi connectivity index (χ0n) is 27.3. The lowest BCUT2D eigenvalue weighted by atomic mass is 9.90. The van der Waals surface area contributed by atoms with Crippen molar-refractivity contribution < 1.29 is 28.1 Å². The molecule has 0 aliphatic carbocycles. The fraction of sp³-hybridized carbons (Fsp3) is 0.622. The van der Waals surface area contributed by atoms with Crippen molar-refractivity contribution in [2.75, 3.05) is 33.0 Å². The summed E-state index contributed by atoms with van der Waals surface area (Å²) in [5.74, 6) is 0.275. The van der Waals surface area contributed by atoms with E-state index in [1.165, 1.54) is 10.1 Å². The van der Waals surface area contributed by atoms with Crippen LogP contribution in [0, 0.1) is 5.82 Å². The molecule has 0 unspecified atom stereocenters. The monoisotopic (exact) mass is 628 g/mol. The Morgan fingerprint density at radius 3 is 2.30 bits per heavy atom. The van der Waals surface area contributed by atoms with Gasteiger partial charge >= 0.3 is 0 Å². The third-order valence-corrected chi connectivity index (χ3v) is 9.28. The summed E-state index contributed by atoms with van der Waals surface area (Å²) in [4.78, 5) is 1.12. The third-order valence-electron chi connectivity index (χ3n) is 8.17. The van der Waals surface area contributed by atoms with Crippen molar-refractivity contribution in [3.8, 4) is 5.75 Å². The molecule has 4 rings (SSSR count). The Labute approximate surface area is 268 Å². The molecule has 244 valence electrons. The van der Waals surface area contributed by atoms with Gasteiger partial charge in [0.05, 0.1) is 25.4 Å². The van der Waals surface area contributed by atoms with Gasteiger partial charge in [0.15, 0.2) is 0 Å². The van der Waals surface area contributed by atoms with E-state index in [1.54, 1.807) is 17.4 Å². The van der Waals surface area contributed by atoms with Gasteiger partial charge in [0.1, 0.15) is 23.8 Å². The number of fused-ring (bicyclic) bond motifs is 1. The number of hydrogen-bond donors (Lipinski definition) is 0. The van der Waals surface area contributed by atoms with Crippen LogP contribution in [-0.4, -0.2) is 51.3 Å². The standard InChI is InChI=1S/C37H53FO5S/c1-5-9-17-39-26-29-24-34(41-19-11-7-3)37(42-20-12-8-4)36(43-29)31-23-28(32(38)25-33(31)40-18-10-6-2)22-30-21-27-15-13-14-16-35(27)44-30/h13-16,21,23,25,29,34,36-37H,5-12,17-20,22,24,26H2,1-4H3/t29-,34-,36-,37+/m0/s1. The van der Waals surface area contributed by atoms with E-state index in [2.05, 4.69) is 45.9 Å². The Kier molecular flexibility index (Phi) is 14.9. The number of rotatable bonds is 20. The minimum Gasteiger partial charge on any atom is -0.493 e. The van der Waals surface area contributed by atoms with Gasteiger partial charge in [-0.25, -0.2) is 4.39 Å². The van der Waals surface area contributed by atoms with Gasteiger partial charge in [-0.15, -0.1) is 11.3 Å². The van der Waals surface area contributed by atoms with Crippen LogP contribution >= 0.6 is 11.3 Å². The molecule has 0 amide bonds.